The maximum Gasteiger partial charge on any atom is 0.322 e. The maximum atomic E-state index is 12.8. The van der Waals surface area contributed by atoms with E-state index in [-0.39, 0.29) is 12.3 Å². The summed E-state index contributed by atoms with van der Waals surface area (Å²) in [6, 6.07) is -3.04. The van der Waals surface area contributed by atoms with Crippen LogP contribution in [0.15, 0.2) is 0 Å². The van der Waals surface area contributed by atoms with Crippen LogP contribution in [0.4, 0.5) is 0 Å². The van der Waals surface area contributed by atoms with E-state index in [4.69, 9.17) is 15.9 Å². The highest BCUT2D eigenvalue weighted by atomic mass is 32.2. The van der Waals surface area contributed by atoms with E-state index in [9.17, 15) is 24.0 Å². The second-order valence-electron chi connectivity index (χ2n) is 6.86. The summed E-state index contributed by atoms with van der Waals surface area (Å²) in [4.78, 5) is 58.9. The first-order valence-corrected chi connectivity index (χ1v) is 11.0. The predicted octanol–water partition coefficient (Wildman–Crippen LogP) is -0.852. The fraction of sp³-hybridized carbons (Fsp3) is 0.722. The van der Waals surface area contributed by atoms with Crippen molar-refractivity contribution in [3.8, 4) is 0 Å². The summed E-state index contributed by atoms with van der Waals surface area (Å²) in [6.45, 7) is 2.90. The zero-order valence-electron chi connectivity index (χ0n) is 17.5. The minimum Gasteiger partial charge on any atom is -0.481 e. The lowest BCUT2D eigenvalue weighted by atomic mass is 9.97. The number of carboxylic acid groups (broad SMARTS) is 2. The van der Waals surface area contributed by atoms with Gasteiger partial charge in [0.25, 0.3) is 0 Å². The molecule has 0 fully saturated rings. The van der Waals surface area contributed by atoms with Gasteiger partial charge in [-0.15, -0.1) is 0 Å². The molecule has 0 bridgehead atoms. The number of carbonyl (C=O) groups excluding carboxylic acids is 3. The Morgan fingerprint density at radius 2 is 1.60 bits per heavy atom. The molecule has 11 nitrogen and oxygen atoms in total. The van der Waals surface area contributed by atoms with Crippen LogP contribution < -0.4 is 21.7 Å². The molecule has 30 heavy (non-hydrogen) atoms. The van der Waals surface area contributed by atoms with Gasteiger partial charge in [0.2, 0.25) is 17.7 Å². The standard InChI is InChI=1S/C18H32N4O7S/c1-4-10(2)15(22-16(27)11(19)7-8-30-3)18(29)21-12(5-6-13(23)24)17(28)20-9-14(25)26/h10-12,15H,4-9,19H2,1-3H3,(H,20,28)(H,21,29)(H,22,27)(H,23,24)(H,25,26). The molecule has 0 saturated carbocycles. The van der Waals surface area contributed by atoms with Crippen molar-refractivity contribution in [3.05, 3.63) is 0 Å². The van der Waals surface area contributed by atoms with Crippen molar-refractivity contribution in [2.45, 2.75) is 57.7 Å². The van der Waals surface area contributed by atoms with Crippen molar-refractivity contribution in [3.63, 3.8) is 0 Å². The van der Waals surface area contributed by atoms with E-state index in [0.29, 0.717) is 18.6 Å². The fourth-order valence-electron chi connectivity index (χ4n) is 2.42. The molecule has 0 aliphatic rings. The van der Waals surface area contributed by atoms with Gasteiger partial charge in [0.05, 0.1) is 6.04 Å². The molecule has 0 aromatic rings. The molecule has 0 radical (unpaired) electrons. The predicted molar refractivity (Wildman–Crippen MR) is 112 cm³/mol. The first-order chi connectivity index (χ1) is 14.0. The molecule has 3 amide bonds. The minimum atomic E-state index is -1.28. The number of aliphatic carboxylic acids is 2. The Kier molecular flexibility index (Phi) is 13.5. The Hall–Kier alpha value is -2.34. The van der Waals surface area contributed by atoms with Gasteiger partial charge in [0.1, 0.15) is 18.6 Å². The molecule has 0 saturated heterocycles. The molecule has 7 N–H and O–H groups in total. The lowest BCUT2D eigenvalue weighted by molar-refractivity contribution is -0.140. The molecule has 0 heterocycles. The average molecular weight is 449 g/mol. The number of carboxylic acids is 2. The van der Waals surface area contributed by atoms with Gasteiger partial charge in [0, 0.05) is 6.42 Å². The Balaban J connectivity index is 5.29. The van der Waals surface area contributed by atoms with E-state index in [1.807, 2.05) is 13.2 Å². The Morgan fingerprint density at radius 3 is 2.10 bits per heavy atom. The number of amides is 3. The van der Waals surface area contributed by atoms with Crippen LogP contribution in [-0.4, -0.2) is 76.6 Å². The van der Waals surface area contributed by atoms with Gasteiger partial charge in [-0.2, -0.15) is 11.8 Å². The smallest absolute Gasteiger partial charge is 0.322 e. The number of nitrogens with two attached hydrogens (primary N) is 1. The van der Waals surface area contributed by atoms with Gasteiger partial charge >= 0.3 is 11.9 Å². The molecule has 4 unspecified atom stereocenters. The second kappa shape index (κ2) is 14.6. The van der Waals surface area contributed by atoms with E-state index >= 15 is 0 Å². The summed E-state index contributed by atoms with van der Waals surface area (Å²) in [5.41, 5.74) is 5.85. The van der Waals surface area contributed by atoms with Crippen LogP contribution in [0.5, 0.6) is 0 Å². The Morgan fingerprint density at radius 1 is 0.967 bits per heavy atom. The summed E-state index contributed by atoms with van der Waals surface area (Å²) >= 11 is 1.54. The summed E-state index contributed by atoms with van der Waals surface area (Å²) in [6.07, 6.45) is 2.21. The van der Waals surface area contributed by atoms with Crippen molar-refractivity contribution in [2.24, 2.45) is 11.7 Å². The lowest BCUT2D eigenvalue weighted by Crippen LogP contribution is -2.58. The molecule has 12 heteroatoms. The molecule has 0 aliphatic heterocycles. The van der Waals surface area contributed by atoms with Crippen LogP contribution in [0.3, 0.4) is 0 Å². The van der Waals surface area contributed by atoms with Gasteiger partial charge in [-0.05, 0) is 30.8 Å². The van der Waals surface area contributed by atoms with Gasteiger partial charge < -0.3 is 31.9 Å². The average Bonchev–Trinajstić information content (AvgIpc) is 2.69. The topological polar surface area (TPSA) is 188 Å². The highest BCUT2D eigenvalue weighted by molar-refractivity contribution is 7.98. The molecule has 0 aromatic heterocycles. The van der Waals surface area contributed by atoms with E-state index in [0.717, 1.165) is 0 Å². The minimum absolute atomic E-state index is 0.235. The van der Waals surface area contributed by atoms with E-state index in [1.165, 1.54) is 11.8 Å². The third-order valence-corrected chi connectivity index (χ3v) is 5.10. The Labute approximate surface area is 179 Å². The van der Waals surface area contributed by atoms with Crippen LogP contribution in [-0.2, 0) is 24.0 Å². The van der Waals surface area contributed by atoms with Crippen molar-refractivity contribution in [1.29, 1.82) is 0 Å². The van der Waals surface area contributed by atoms with E-state index in [2.05, 4.69) is 16.0 Å². The number of hydrogen-bond acceptors (Lipinski definition) is 7. The lowest BCUT2D eigenvalue weighted by Gasteiger charge is -2.27. The Bertz CT molecular complexity index is 617. The zero-order chi connectivity index (χ0) is 23.3. The van der Waals surface area contributed by atoms with E-state index < -0.39 is 60.8 Å². The quantitative estimate of drug-likeness (QED) is 0.185. The summed E-state index contributed by atoms with van der Waals surface area (Å²) in [7, 11) is 0. The van der Waals surface area contributed by atoms with Crippen LogP contribution in [0.1, 0.15) is 39.5 Å². The summed E-state index contributed by atoms with van der Waals surface area (Å²) in [5.74, 6) is -4.06. The first kappa shape index (κ1) is 27.7. The van der Waals surface area contributed by atoms with Crippen molar-refractivity contribution >= 4 is 41.4 Å². The third-order valence-electron chi connectivity index (χ3n) is 4.46. The monoisotopic (exact) mass is 448 g/mol. The summed E-state index contributed by atoms with van der Waals surface area (Å²) in [5, 5.41) is 24.7. The van der Waals surface area contributed by atoms with Crippen LogP contribution >= 0.6 is 11.8 Å². The molecule has 4 atom stereocenters. The fourth-order valence-corrected chi connectivity index (χ4v) is 2.91. The van der Waals surface area contributed by atoms with Crippen LogP contribution in [0, 0.1) is 5.92 Å². The third kappa shape index (κ3) is 11.0. The molecule has 172 valence electrons. The van der Waals surface area contributed by atoms with Crippen molar-refractivity contribution in [2.75, 3.05) is 18.6 Å². The van der Waals surface area contributed by atoms with Crippen LogP contribution in [0.25, 0.3) is 0 Å². The number of nitrogens with one attached hydrogen (secondary N) is 3. The number of thioether (sulfide) groups is 1. The van der Waals surface area contributed by atoms with Crippen molar-refractivity contribution < 1.29 is 34.2 Å². The van der Waals surface area contributed by atoms with Gasteiger partial charge in [-0.25, -0.2) is 0 Å². The van der Waals surface area contributed by atoms with Gasteiger partial charge in [-0.1, -0.05) is 20.3 Å². The molecular weight excluding hydrogens is 416 g/mol. The normalized spacial score (nSPS) is 14.7. The second-order valence-corrected chi connectivity index (χ2v) is 7.85. The van der Waals surface area contributed by atoms with Crippen LogP contribution in [0.2, 0.25) is 0 Å². The summed E-state index contributed by atoms with van der Waals surface area (Å²) < 4.78 is 0. The molecule has 0 rings (SSSR count). The molecule has 0 spiro atoms. The SMILES string of the molecule is CCC(C)C(NC(=O)C(N)CCSC)C(=O)NC(CCC(=O)O)C(=O)NCC(=O)O. The van der Waals surface area contributed by atoms with Gasteiger partial charge in [-0.3, -0.25) is 24.0 Å². The largest absolute Gasteiger partial charge is 0.481 e. The molecular formula is C18H32N4O7S. The highest BCUT2D eigenvalue weighted by Crippen LogP contribution is 2.10. The number of rotatable bonds is 15. The number of carbonyl (C=O) groups is 5. The maximum absolute atomic E-state index is 12.8. The molecule has 0 aromatic carbocycles. The number of hydrogen-bond donors (Lipinski definition) is 6. The van der Waals surface area contributed by atoms with Gasteiger partial charge in [0.15, 0.2) is 0 Å². The van der Waals surface area contributed by atoms with Crippen molar-refractivity contribution in [1.82, 2.24) is 16.0 Å². The highest BCUT2D eigenvalue weighted by Gasteiger charge is 2.31. The zero-order valence-corrected chi connectivity index (χ0v) is 18.3. The van der Waals surface area contributed by atoms with E-state index in [1.54, 1.807) is 6.92 Å². The first-order valence-electron chi connectivity index (χ1n) is 9.59. The molecule has 0 aliphatic carbocycles.